The first-order chi connectivity index (χ1) is 10.8. The zero-order valence-corrected chi connectivity index (χ0v) is 15.1. The predicted molar refractivity (Wildman–Crippen MR) is 101 cm³/mol. The summed E-state index contributed by atoms with van der Waals surface area (Å²) in [6.07, 6.45) is 15.7. The van der Waals surface area contributed by atoms with Gasteiger partial charge in [-0.2, -0.15) is 23.5 Å². The fraction of sp³-hybridized carbons (Fsp3) is 0.700. The van der Waals surface area contributed by atoms with E-state index in [4.69, 9.17) is 0 Å². The molecule has 0 N–H and O–H groups in total. The summed E-state index contributed by atoms with van der Waals surface area (Å²) < 4.78 is 0. The summed E-state index contributed by atoms with van der Waals surface area (Å²) in [5.41, 5.74) is 1.45. The van der Waals surface area contributed by atoms with Gasteiger partial charge in [-0.05, 0) is 72.7 Å². The van der Waals surface area contributed by atoms with E-state index in [0.29, 0.717) is 0 Å². The topological polar surface area (TPSA) is 0 Å². The van der Waals surface area contributed by atoms with Crippen molar-refractivity contribution in [3.05, 3.63) is 36.5 Å². The quantitative estimate of drug-likeness (QED) is 0.543. The first kappa shape index (κ1) is 15.4. The third kappa shape index (κ3) is 3.38. The van der Waals surface area contributed by atoms with Crippen LogP contribution in [-0.4, -0.2) is 23.0 Å². The molecule has 22 heavy (non-hydrogen) atoms. The molecule has 2 fully saturated rings. The molecule has 6 atom stereocenters. The first-order valence-corrected chi connectivity index (χ1v) is 11.3. The maximum absolute atomic E-state index is 4.31. The van der Waals surface area contributed by atoms with Crippen LogP contribution in [0.3, 0.4) is 0 Å². The van der Waals surface area contributed by atoms with Gasteiger partial charge in [0, 0.05) is 11.5 Å². The maximum atomic E-state index is 4.31. The van der Waals surface area contributed by atoms with Gasteiger partial charge < -0.3 is 0 Å². The van der Waals surface area contributed by atoms with Gasteiger partial charge in [0.25, 0.3) is 0 Å². The van der Waals surface area contributed by atoms with E-state index in [1.807, 2.05) is 0 Å². The summed E-state index contributed by atoms with van der Waals surface area (Å²) in [6, 6.07) is 0. The number of thioether (sulfide) groups is 2. The number of rotatable bonds is 8. The Kier molecular flexibility index (Phi) is 4.78. The molecule has 0 amide bonds. The Morgan fingerprint density at radius 3 is 1.64 bits per heavy atom. The number of hydrogen-bond acceptors (Lipinski definition) is 2. The standard InChI is InChI=1S/C20H28S2/c1-14(10-21-12-19-8-15-2-4-17(19)6-15)11-22-13-20-9-16-3-5-18(20)7-16/h2-5,15-20H,1,6-13H2. The fourth-order valence-corrected chi connectivity index (χ4v) is 7.44. The highest BCUT2D eigenvalue weighted by Crippen LogP contribution is 2.45. The van der Waals surface area contributed by atoms with Crippen LogP contribution >= 0.6 is 23.5 Å². The molecule has 0 aromatic carbocycles. The van der Waals surface area contributed by atoms with Crippen molar-refractivity contribution in [2.45, 2.75) is 25.7 Å². The van der Waals surface area contributed by atoms with Crippen LogP contribution in [0, 0.1) is 35.5 Å². The molecule has 120 valence electrons. The number of hydrogen-bond donors (Lipinski definition) is 0. The second kappa shape index (κ2) is 6.81. The first-order valence-electron chi connectivity index (χ1n) is 8.96. The van der Waals surface area contributed by atoms with Gasteiger partial charge in [-0.3, -0.25) is 0 Å². The predicted octanol–water partition coefficient (Wildman–Crippen LogP) is 5.43. The van der Waals surface area contributed by atoms with Gasteiger partial charge in [-0.25, -0.2) is 0 Å². The largest absolute Gasteiger partial charge is 0.157 e. The molecule has 0 aromatic rings. The monoisotopic (exact) mass is 332 g/mol. The van der Waals surface area contributed by atoms with Gasteiger partial charge in [0.15, 0.2) is 0 Å². The van der Waals surface area contributed by atoms with Crippen molar-refractivity contribution in [1.82, 2.24) is 0 Å². The molecule has 4 bridgehead atoms. The molecule has 0 heterocycles. The third-order valence-corrected chi connectivity index (χ3v) is 8.66. The van der Waals surface area contributed by atoms with Crippen molar-refractivity contribution < 1.29 is 0 Å². The van der Waals surface area contributed by atoms with Crippen LogP contribution in [0.4, 0.5) is 0 Å². The molecule has 0 aliphatic heterocycles. The van der Waals surface area contributed by atoms with Crippen LogP contribution in [-0.2, 0) is 0 Å². The Balaban J connectivity index is 1.08. The average molecular weight is 333 g/mol. The highest BCUT2D eigenvalue weighted by atomic mass is 32.2. The van der Waals surface area contributed by atoms with Crippen molar-refractivity contribution >= 4 is 23.5 Å². The molecule has 4 aliphatic carbocycles. The highest BCUT2D eigenvalue weighted by molar-refractivity contribution is 8.00. The summed E-state index contributed by atoms with van der Waals surface area (Å²) in [5.74, 6) is 10.6. The van der Waals surface area contributed by atoms with E-state index in [1.165, 1.54) is 54.3 Å². The molecule has 0 saturated heterocycles. The average Bonchev–Trinajstić information content (AvgIpc) is 3.28. The molecule has 0 nitrogen and oxygen atoms in total. The van der Waals surface area contributed by atoms with Crippen molar-refractivity contribution in [3.8, 4) is 0 Å². The summed E-state index contributed by atoms with van der Waals surface area (Å²) in [6.45, 7) is 4.31. The van der Waals surface area contributed by atoms with Crippen molar-refractivity contribution in [2.24, 2.45) is 35.5 Å². The molecule has 6 unspecified atom stereocenters. The maximum Gasteiger partial charge on any atom is 0.0148 e. The molecule has 4 rings (SSSR count). The van der Waals surface area contributed by atoms with Crippen LogP contribution in [0.25, 0.3) is 0 Å². The lowest BCUT2D eigenvalue weighted by Crippen LogP contribution is -2.11. The summed E-state index contributed by atoms with van der Waals surface area (Å²) in [5, 5.41) is 0. The zero-order valence-electron chi connectivity index (χ0n) is 13.5. The molecule has 4 aliphatic rings. The van der Waals surface area contributed by atoms with Crippen molar-refractivity contribution in [1.29, 1.82) is 0 Å². The van der Waals surface area contributed by atoms with Crippen LogP contribution in [0.15, 0.2) is 36.5 Å². The minimum atomic E-state index is 0.908. The summed E-state index contributed by atoms with van der Waals surface area (Å²) >= 11 is 4.27. The molecule has 0 aromatic heterocycles. The van der Waals surface area contributed by atoms with Crippen LogP contribution < -0.4 is 0 Å². The van der Waals surface area contributed by atoms with Crippen molar-refractivity contribution in [3.63, 3.8) is 0 Å². The fourth-order valence-electron chi connectivity index (χ4n) is 4.92. The molecular formula is C20H28S2. The van der Waals surface area contributed by atoms with E-state index in [-0.39, 0.29) is 0 Å². The van der Waals surface area contributed by atoms with Crippen LogP contribution in [0.1, 0.15) is 25.7 Å². The lowest BCUT2D eigenvalue weighted by molar-refractivity contribution is 0.502. The SMILES string of the molecule is C=C(CSCC1CC2C=CC1C2)CSCC1CC2C=CC1C2. The molecule has 0 radical (unpaired) electrons. The molecule has 2 saturated carbocycles. The van der Waals surface area contributed by atoms with Crippen molar-refractivity contribution in [2.75, 3.05) is 23.0 Å². The Morgan fingerprint density at radius 1 is 0.773 bits per heavy atom. The Labute approximate surface area is 144 Å². The molecule has 2 heteroatoms. The minimum Gasteiger partial charge on any atom is -0.157 e. The zero-order chi connectivity index (χ0) is 14.9. The molecular weight excluding hydrogens is 304 g/mol. The third-order valence-electron chi connectivity index (χ3n) is 6.11. The molecule has 0 spiro atoms. The Hall–Kier alpha value is -0.0800. The normalized spacial score (nSPS) is 40.9. The van der Waals surface area contributed by atoms with E-state index in [9.17, 15) is 0 Å². The van der Waals surface area contributed by atoms with E-state index in [0.717, 1.165) is 35.5 Å². The van der Waals surface area contributed by atoms with E-state index in [1.54, 1.807) is 0 Å². The lowest BCUT2D eigenvalue weighted by Gasteiger charge is -2.19. The van der Waals surface area contributed by atoms with Gasteiger partial charge in [0.1, 0.15) is 0 Å². The summed E-state index contributed by atoms with van der Waals surface area (Å²) in [4.78, 5) is 0. The number of allylic oxidation sites excluding steroid dienone is 4. The Morgan fingerprint density at radius 2 is 1.27 bits per heavy atom. The van der Waals surface area contributed by atoms with E-state index in [2.05, 4.69) is 54.4 Å². The van der Waals surface area contributed by atoms with Gasteiger partial charge in [-0.15, -0.1) is 0 Å². The smallest absolute Gasteiger partial charge is 0.0148 e. The highest BCUT2D eigenvalue weighted by Gasteiger charge is 2.36. The second-order valence-electron chi connectivity index (χ2n) is 7.86. The van der Waals surface area contributed by atoms with E-state index < -0.39 is 0 Å². The van der Waals surface area contributed by atoms with Crippen LogP contribution in [0.5, 0.6) is 0 Å². The van der Waals surface area contributed by atoms with Gasteiger partial charge in [0.2, 0.25) is 0 Å². The van der Waals surface area contributed by atoms with Gasteiger partial charge in [-0.1, -0.05) is 36.5 Å². The van der Waals surface area contributed by atoms with Gasteiger partial charge >= 0.3 is 0 Å². The lowest BCUT2D eigenvalue weighted by atomic mass is 9.96. The minimum absolute atomic E-state index is 0.908. The number of fused-ring (bicyclic) bond motifs is 4. The van der Waals surface area contributed by atoms with E-state index >= 15 is 0 Å². The van der Waals surface area contributed by atoms with Crippen LogP contribution in [0.2, 0.25) is 0 Å². The summed E-state index contributed by atoms with van der Waals surface area (Å²) in [7, 11) is 0. The van der Waals surface area contributed by atoms with Gasteiger partial charge in [0.05, 0.1) is 0 Å². The Bertz CT molecular complexity index is 436. The second-order valence-corrected chi connectivity index (χ2v) is 9.92.